The number of nitro benzene ring substituents is 1. The lowest BCUT2D eigenvalue weighted by molar-refractivity contribution is -0.387. The van der Waals surface area contributed by atoms with Gasteiger partial charge in [0.25, 0.3) is 5.91 Å². The van der Waals surface area contributed by atoms with E-state index in [4.69, 9.17) is 9.15 Å². The molecule has 3 aromatic carbocycles. The third-order valence-electron chi connectivity index (χ3n) is 4.43. The summed E-state index contributed by atoms with van der Waals surface area (Å²) < 4.78 is 25.1. The molecule has 0 bridgehead atoms. The van der Waals surface area contributed by atoms with Crippen molar-refractivity contribution >= 4 is 28.3 Å². The highest BCUT2D eigenvalue weighted by molar-refractivity contribution is 6.06. The summed E-state index contributed by atoms with van der Waals surface area (Å²) in [5, 5.41) is 14.2. The molecule has 0 radical (unpaired) electrons. The zero-order valence-corrected chi connectivity index (χ0v) is 15.5. The van der Waals surface area contributed by atoms with Crippen molar-refractivity contribution in [2.24, 2.45) is 0 Å². The number of nitro groups is 1. The highest BCUT2D eigenvalue weighted by Gasteiger charge is 2.22. The number of fused-ring (bicyclic) bond motifs is 1. The monoisotopic (exact) mass is 406 g/mol. The molecule has 0 aliphatic carbocycles. The molecule has 0 aliphatic rings. The van der Waals surface area contributed by atoms with Crippen LogP contribution in [0.2, 0.25) is 0 Å². The lowest BCUT2D eigenvalue weighted by atomic mass is 10.1. The maximum absolute atomic E-state index is 13.6. The summed E-state index contributed by atoms with van der Waals surface area (Å²) in [5.74, 6) is -0.972. The summed E-state index contributed by atoms with van der Waals surface area (Å²) in [6, 6.07) is 19.3. The molecule has 30 heavy (non-hydrogen) atoms. The normalized spacial score (nSPS) is 10.7. The maximum atomic E-state index is 13.6. The second-order valence-electron chi connectivity index (χ2n) is 6.39. The molecule has 1 aromatic heterocycles. The van der Waals surface area contributed by atoms with Crippen molar-refractivity contribution in [3.05, 3.63) is 100 Å². The van der Waals surface area contributed by atoms with E-state index in [1.54, 1.807) is 24.3 Å². The smallest absolute Gasteiger partial charge is 0.306 e. The van der Waals surface area contributed by atoms with Crippen molar-refractivity contribution in [2.45, 2.75) is 6.61 Å². The van der Waals surface area contributed by atoms with Gasteiger partial charge in [0.2, 0.25) is 5.82 Å². The van der Waals surface area contributed by atoms with Gasteiger partial charge in [0.15, 0.2) is 5.76 Å². The van der Waals surface area contributed by atoms with Crippen molar-refractivity contribution in [3.8, 4) is 5.75 Å². The minimum atomic E-state index is -0.987. The predicted molar refractivity (Wildman–Crippen MR) is 108 cm³/mol. The van der Waals surface area contributed by atoms with Crippen LogP contribution in [0.25, 0.3) is 11.0 Å². The van der Waals surface area contributed by atoms with Gasteiger partial charge in [-0.25, -0.2) is 0 Å². The van der Waals surface area contributed by atoms with Crippen LogP contribution in [-0.2, 0) is 6.61 Å². The quantitative estimate of drug-likeness (QED) is 0.346. The molecule has 0 fully saturated rings. The van der Waals surface area contributed by atoms with Gasteiger partial charge in [-0.15, -0.1) is 0 Å². The lowest BCUT2D eigenvalue weighted by Crippen LogP contribution is -2.14. The number of hydrogen-bond donors (Lipinski definition) is 1. The van der Waals surface area contributed by atoms with Crippen molar-refractivity contribution < 1.29 is 23.3 Å². The molecule has 1 N–H and O–H groups in total. The van der Waals surface area contributed by atoms with Crippen LogP contribution in [0.4, 0.5) is 15.8 Å². The van der Waals surface area contributed by atoms with E-state index >= 15 is 0 Å². The molecule has 0 aliphatic heterocycles. The summed E-state index contributed by atoms with van der Waals surface area (Å²) in [5.41, 5.74) is 0.372. The molecule has 8 heteroatoms. The second-order valence-corrected chi connectivity index (χ2v) is 6.39. The fourth-order valence-electron chi connectivity index (χ4n) is 3.02. The Morgan fingerprint density at radius 2 is 1.80 bits per heavy atom. The van der Waals surface area contributed by atoms with Crippen LogP contribution in [-0.4, -0.2) is 10.8 Å². The predicted octanol–water partition coefficient (Wildman–Crippen LogP) is 5.31. The van der Waals surface area contributed by atoms with Gasteiger partial charge in [-0.05, 0) is 30.3 Å². The summed E-state index contributed by atoms with van der Waals surface area (Å²) in [6.07, 6.45) is 0. The van der Waals surface area contributed by atoms with Crippen molar-refractivity contribution in [1.82, 2.24) is 0 Å². The van der Waals surface area contributed by atoms with Gasteiger partial charge < -0.3 is 14.5 Å². The van der Waals surface area contributed by atoms with Crippen molar-refractivity contribution in [3.63, 3.8) is 0 Å². The standard InChI is InChI=1S/C22H15FN2O5/c23-18-11-10-14(12-19(18)25(27)28)24-22(26)21-17(13-29-15-6-2-1-3-7-15)16-8-4-5-9-20(16)30-21/h1-12H,13H2,(H,24,26). The van der Waals surface area contributed by atoms with Crippen molar-refractivity contribution in [1.29, 1.82) is 0 Å². The molecule has 0 spiro atoms. The summed E-state index contributed by atoms with van der Waals surface area (Å²) in [6.45, 7) is 0.0767. The number of para-hydroxylation sites is 2. The molecular weight excluding hydrogens is 391 g/mol. The number of hydrogen-bond acceptors (Lipinski definition) is 5. The number of rotatable bonds is 6. The van der Waals surface area contributed by atoms with Gasteiger partial charge in [-0.3, -0.25) is 14.9 Å². The molecule has 1 heterocycles. The number of anilines is 1. The van der Waals surface area contributed by atoms with E-state index < -0.39 is 22.3 Å². The van der Waals surface area contributed by atoms with Crippen LogP contribution in [0.15, 0.2) is 77.2 Å². The zero-order chi connectivity index (χ0) is 21.1. The van der Waals surface area contributed by atoms with E-state index in [2.05, 4.69) is 5.32 Å². The first-order chi connectivity index (χ1) is 14.5. The Hall–Kier alpha value is -4.20. The highest BCUT2D eigenvalue weighted by Crippen LogP contribution is 2.29. The Bertz CT molecular complexity index is 1240. The number of carbonyl (C=O) groups excluding carboxylic acids is 1. The van der Waals surface area contributed by atoms with Gasteiger partial charge in [0, 0.05) is 22.7 Å². The van der Waals surface area contributed by atoms with Gasteiger partial charge >= 0.3 is 5.69 Å². The van der Waals surface area contributed by atoms with E-state index in [-0.39, 0.29) is 18.1 Å². The summed E-state index contributed by atoms with van der Waals surface area (Å²) in [7, 11) is 0. The van der Waals surface area contributed by atoms with E-state index in [0.717, 1.165) is 12.1 Å². The first-order valence-corrected chi connectivity index (χ1v) is 8.96. The molecule has 150 valence electrons. The molecule has 0 unspecified atom stereocenters. The fraction of sp³-hybridized carbons (Fsp3) is 0.0455. The van der Waals surface area contributed by atoms with Crippen LogP contribution in [0, 0.1) is 15.9 Å². The topological polar surface area (TPSA) is 94.6 Å². The second kappa shape index (κ2) is 8.04. The van der Waals surface area contributed by atoms with Gasteiger partial charge in [-0.2, -0.15) is 4.39 Å². The fourth-order valence-corrected chi connectivity index (χ4v) is 3.02. The van der Waals surface area contributed by atoms with E-state index in [9.17, 15) is 19.3 Å². The summed E-state index contributed by atoms with van der Waals surface area (Å²) in [4.78, 5) is 22.9. The molecule has 4 rings (SSSR count). The Morgan fingerprint density at radius 3 is 2.57 bits per heavy atom. The summed E-state index contributed by atoms with van der Waals surface area (Å²) >= 11 is 0. The minimum absolute atomic E-state index is 0.0131. The number of furan rings is 1. The number of ether oxygens (including phenoxy) is 1. The molecule has 1 amide bonds. The van der Waals surface area contributed by atoms with Crippen LogP contribution in [0.5, 0.6) is 5.75 Å². The van der Waals surface area contributed by atoms with Crippen LogP contribution in [0.3, 0.4) is 0 Å². The molecule has 4 aromatic rings. The first-order valence-electron chi connectivity index (χ1n) is 8.96. The molecule has 7 nitrogen and oxygen atoms in total. The Morgan fingerprint density at radius 1 is 1.07 bits per heavy atom. The maximum Gasteiger partial charge on any atom is 0.306 e. The largest absolute Gasteiger partial charge is 0.489 e. The number of benzene rings is 3. The van der Waals surface area contributed by atoms with E-state index in [1.807, 2.05) is 30.3 Å². The molecular formula is C22H15FN2O5. The first kappa shape index (κ1) is 19.1. The van der Waals surface area contributed by atoms with Gasteiger partial charge in [0.05, 0.1) is 4.92 Å². The molecule has 0 saturated heterocycles. The minimum Gasteiger partial charge on any atom is -0.489 e. The number of halogens is 1. The number of nitrogens with zero attached hydrogens (tertiary/aromatic N) is 1. The van der Waals surface area contributed by atoms with E-state index in [0.29, 0.717) is 22.3 Å². The number of nitrogens with one attached hydrogen (secondary N) is 1. The Labute approximate surface area is 169 Å². The molecule has 0 atom stereocenters. The van der Waals surface area contributed by atoms with Crippen LogP contribution < -0.4 is 10.1 Å². The number of carbonyl (C=O) groups is 1. The Balaban J connectivity index is 1.65. The van der Waals surface area contributed by atoms with Gasteiger partial charge in [0.1, 0.15) is 17.9 Å². The average Bonchev–Trinajstić information content (AvgIpc) is 3.13. The van der Waals surface area contributed by atoms with Crippen LogP contribution in [0.1, 0.15) is 16.1 Å². The highest BCUT2D eigenvalue weighted by atomic mass is 19.1. The third-order valence-corrected chi connectivity index (χ3v) is 4.43. The third kappa shape index (κ3) is 3.83. The van der Waals surface area contributed by atoms with Crippen molar-refractivity contribution in [2.75, 3.05) is 5.32 Å². The van der Waals surface area contributed by atoms with Gasteiger partial charge in [-0.1, -0.05) is 36.4 Å². The SMILES string of the molecule is O=C(Nc1ccc(F)c([N+](=O)[O-])c1)c1oc2ccccc2c1COc1ccccc1. The molecule has 0 saturated carbocycles. The Kier molecular flexibility index (Phi) is 5.13. The average molecular weight is 406 g/mol. The van der Waals surface area contributed by atoms with Crippen LogP contribution >= 0.6 is 0 Å². The van der Waals surface area contributed by atoms with E-state index in [1.165, 1.54) is 6.07 Å². The number of amides is 1. The lowest BCUT2D eigenvalue weighted by Gasteiger charge is -2.08. The zero-order valence-electron chi connectivity index (χ0n) is 15.5.